The van der Waals surface area contributed by atoms with Crippen LogP contribution in [0.2, 0.25) is 0 Å². The van der Waals surface area contributed by atoms with Gasteiger partial charge in [-0.2, -0.15) is 0 Å². The Hall–Kier alpha value is -3.19. The molecular formula is C25H28N4O2S. The summed E-state index contributed by atoms with van der Waals surface area (Å²) in [5.74, 6) is 0.0294. The average Bonchev–Trinajstić information content (AvgIpc) is 3.22. The van der Waals surface area contributed by atoms with Gasteiger partial charge in [0.05, 0.1) is 21.1 Å². The molecule has 2 aromatic carbocycles. The van der Waals surface area contributed by atoms with Crippen molar-refractivity contribution >= 4 is 39.2 Å². The molecule has 4 rings (SSSR count). The number of hydrogen-bond acceptors (Lipinski definition) is 4. The summed E-state index contributed by atoms with van der Waals surface area (Å²) in [6, 6.07) is 15.5. The van der Waals surface area contributed by atoms with Crippen LogP contribution < -0.4 is 16.0 Å². The van der Waals surface area contributed by atoms with Gasteiger partial charge in [0.1, 0.15) is 0 Å². The van der Waals surface area contributed by atoms with E-state index in [1.807, 2.05) is 56.3 Å². The number of fused-ring (bicyclic) bond motifs is 1. The molecule has 0 saturated carbocycles. The van der Waals surface area contributed by atoms with E-state index in [1.54, 1.807) is 11.3 Å². The minimum absolute atomic E-state index is 0.0529. The third-order valence-electron chi connectivity index (χ3n) is 5.50. The van der Waals surface area contributed by atoms with Crippen LogP contribution in [0.1, 0.15) is 43.2 Å². The largest absolute Gasteiger partial charge is 0.352 e. The molecule has 6 nitrogen and oxygen atoms in total. The lowest BCUT2D eigenvalue weighted by atomic mass is 9.82. The highest BCUT2D eigenvalue weighted by Gasteiger charge is 2.32. The molecule has 3 amide bonds. The number of hydrogen-bond donors (Lipinski definition) is 3. The van der Waals surface area contributed by atoms with Gasteiger partial charge in [-0.05, 0) is 56.5 Å². The predicted molar refractivity (Wildman–Crippen MR) is 130 cm³/mol. The fraction of sp³-hybridized carbons (Fsp3) is 0.320. The van der Waals surface area contributed by atoms with E-state index in [0.717, 1.165) is 33.6 Å². The van der Waals surface area contributed by atoms with Gasteiger partial charge in [0.25, 0.3) is 0 Å². The second kappa shape index (κ2) is 9.96. The van der Waals surface area contributed by atoms with E-state index in [1.165, 1.54) is 0 Å². The van der Waals surface area contributed by atoms with Gasteiger partial charge in [-0.1, -0.05) is 36.4 Å². The average molecular weight is 449 g/mol. The first-order chi connectivity index (χ1) is 15.5. The molecule has 0 radical (unpaired) electrons. The van der Waals surface area contributed by atoms with Gasteiger partial charge in [-0.25, -0.2) is 9.78 Å². The highest BCUT2D eigenvalue weighted by Crippen LogP contribution is 2.38. The lowest BCUT2D eigenvalue weighted by Crippen LogP contribution is -2.34. The SMILES string of the molecule is CC(C)NC(=O)Nc1ccc(CNC(=O)C2CC=CCC2c2nc3ccccc3s2)cc1. The number of nitrogens with zero attached hydrogens (tertiary/aromatic N) is 1. The number of thiazole rings is 1. The van der Waals surface area contributed by atoms with Crippen LogP contribution in [-0.2, 0) is 11.3 Å². The lowest BCUT2D eigenvalue weighted by Gasteiger charge is -2.26. The van der Waals surface area contributed by atoms with Crippen molar-refractivity contribution in [3.63, 3.8) is 0 Å². The minimum atomic E-state index is -0.229. The van der Waals surface area contributed by atoms with E-state index in [2.05, 4.69) is 34.2 Å². The third-order valence-corrected chi connectivity index (χ3v) is 6.66. The van der Waals surface area contributed by atoms with Gasteiger partial charge in [0.15, 0.2) is 0 Å². The van der Waals surface area contributed by atoms with Crippen LogP contribution in [-0.4, -0.2) is 23.0 Å². The van der Waals surface area contributed by atoms with Crippen LogP contribution >= 0.6 is 11.3 Å². The maximum atomic E-state index is 13.1. The first-order valence-corrected chi connectivity index (χ1v) is 11.8. The maximum Gasteiger partial charge on any atom is 0.319 e. The molecule has 2 atom stereocenters. The van der Waals surface area contributed by atoms with Gasteiger partial charge in [-0.15, -0.1) is 11.3 Å². The number of carbonyl (C=O) groups is 2. The molecule has 1 aliphatic rings. The number of aromatic nitrogens is 1. The van der Waals surface area contributed by atoms with Crippen LogP contribution in [0.25, 0.3) is 10.2 Å². The van der Waals surface area contributed by atoms with Gasteiger partial charge >= 0.3 is 6.03 Å². The number of rotatable bonds is 6. The predicted octanol–water partition coefficient (Wildman–Crippen LogP) is 5.19. The Balaban J connectivity index is 1.37. The first kappa shape index (κ1) is 22.0. The first-order valence-electron chi connectivity index (χ1n) is 10.9. The molecule has 32 heavy (non-hydrogen) atoms. The van der Waals surface area contributed by atoms with Crippen molar-refractivity contribution in [2.75, 3.05) is 5.32 Å². The van der Waals surface area contributed by atoms with E-state index in [0.29, 0.717) is 12.2 Å². The summed E-state index contributed by atoms with van der Waals surface area (Å²) < 4.78 is 1.16. The number of amides is 3. The number of para-hydroxylation sites is 1. The number of anilines is 1. The van der Waals surface area contributed by atoms with Gasteiger partial charge in [0, 0.05) is 24.2 Å². The Morgan fingerprint density at radius 3 is 2.56 bits per heavy atom. The van der Waals surface area contributed by atoms with Gasteiger partial charge in [0.2, 0.25) is 5.91 Å². The molecule has 7 heteroatoms. The fourth-order valence-corrected chi connectivity index (χ4v) is 5.03. The molecule has 1 aliphatic carbocycles. The Kier molecular flexibility index (Phi) is 6.85. The Morgan fingerprint density at radius 1 is 1.06 bits per heavy atom. The molecule has 1 heterocycles. The number of carbonyl (C=O) groups excluding carboxylic acids is 2. The van der Waals surface area contributed by atoms with Crippen molar-refractivity contribution in [3.8, 4) is 0 Å². The smallest absolute Gasteiger partial charge is 0.319 e. The highest BCUT2D eigenvalue weighted by atomic mass is 32.1. The number of allylic oxidation sites excluding steroid dienone is 2. The summed E-state index contributed by atoms with van der Waals surface area (Å²) >= 11 is 1.68. The number of nitrogens with one attached hydrogen (secondary N) is 3. The topological polar surface area (TPSA) is 83.1 Å². The highest BCUT2D eigenvalue weighted by molar-refractivity contribution is 7.18. The number of urea groups is 1. The molecule has 0 bridgehead atoms. The van der Waals surface area contributed by atoms with Crippen LogP contribution in [0.4, 0.5) is 10.5 Å². The van der Waals surface area contributed by atoms with E-state index >= 15 is 0 Å². The fourth-order valence-electron chi connectivity index (χ4n) is 3.88. The van der Waals surface area contributed by atoms with Crippen LogP contribution in [0.15, 0.2) is 60.7 Å². The second-order valence-electron chi connectivity index (χ2n) is 8.34. The van der Waals surface area contributed by atoms with Crippen molar-refractivity contribution < 1.29 is 9.59 Å². The summed E-state index contributed by atoms with van der Waals surface area (Å²) in [6.45, 7) is 4.27. The third kappa shape index (κ3) is 5.34. The van der Waals surface area contributed by atoms with Crippen LogP contribution in [0.5, 0.6) is 0 Å². The zero-order valence-corrected chi connectivity index (χ0v) is 19.1. The summed E-state index contributed by atoms with van der Waals surface area (Å²) in [5.41, 5.74) is 2.69. The van der Waals surface area contributed by atoms with Gasteiger partial charge < -0.3 is 16.0 Å². The van der Waals surface area contributed by atoms with E-state index < -0.39 is 0 Å². The zero-order chi connectivity index (χ0) is 22.5. The second-order valence-corrected chi connectivity index (χ2v) is 9.41. The van der Waals surface area contributed by atoms with Crippen molar-refractivity contribution in [2.45, 2.75) is 45.2 Å². The molecular weight excluding hydrogens is 420 g/mol. The quantitative estimate of drug-likeness (QED) is 0.454. The molecule has 0 spiro atoms. The Labute approximate surface area is 192 Å². The maximum absolute atomic E-state index is 13.1. The monoisotopic (exact) mass is 448 g/mol. The van der Waals surface area contributed by atoms with Crippen molar-refractivity contribution in [2.24, 2.45) is 5.92 Å². The van der Waals surface area contributed by atoms with Crippen LogP contribution in [0.3, 0.4) is 0 Å². The molecule has 166 valence electrons. The molecule has 3 aromatic rings. The lowest BCUT2D eigenvalue weighted by molar-refractivity contribution is -0.125. The summed E-state index contributed by atoms with van der Waals surface area (Å²) in [7, 11) is 0. The van der Waals surface area contributed by atoms with Crippen molar-refractivity contribution in [3.05, 3.63) is 71.3 Å². The summed E-state index contributed by atoms with van der Waals surface area (Å²) in [4.78, 5) is 29.7. The Morgan fingerprint density at radius 2 is 1.81 bits per heavy atom. The molecule has 3 N–H and O–H groups in total. The number of benzene rings is 2. The molecule has 0 saturated heterocycles. The van der Waals surface area contributed by atoms with E-state index in [-0.39, 0.29) is 29.8 Å². The molecule has 2 unspecified atom stereocenters. The summed E-state index contributed by atoms with van der Waals surface area (Å²) in [5, 5.41) is 9.72. The van der Waals surface area contributed by atoms with E-state index in [9.17, 15) is 9.59 Å². The molecule has 1 aromatic heterocycles. The van der Waals surface area contributed by atoms with E-state index in [4.69, 9.17) is 4.98 Å². The molecule has 0 fully saturated rings. The Bertz CT molecular complexity index is 1090. The minimum Gasteiger partial charge on any atom is -0.352 e. The van der Waals surface area contributed by atoms with Gasteiger partial charge in [-0.3, -0.25) is 4.79 Å². The van der Waals surface area contributed by atoms with Crippen LogP contribution in [0, 0.1) is 5.92 Å². The standard InChI is InChI=1S/C25H28N4O2S/c1-16(2)27-25(31)28-18-13-11-17(12-14-18)15-26-23(30)19-7-3-4-8-20(19)24-29-21-9-5-6-10-22(21)32-24/h3-6,9-14,16,19-20H,7-8,15H2,1-2H3,(H,26,30)(H2,27,28,31). The molecule has 0 aliphatic heterocycles. The van der Waals surface area contributed by atoms with Crippen molar-refractivity contribution in [1.29, 1.82) is 0 Å². The van der Waals surface area contributed by atoms with Crippen molar-refractivity contribution in [1.82, 2.24) is 15.6 Å². The zero-order valence-electron chi connectivity index (χ0n) is 18.3. The summed E-state index contributed by atoms with van der Waals surface area (Å²) in [6.07, 6.45) is 5.80. The normalized spacial score (nSPS) is 18.0.